The number of ether oxygens (including phenoxy) is 1. The Balaban J connectivity index is 1.62. The van der Waals surface area contributed by atoms with Crippen LogP contribution in [0.1, 0.15) is 38.2 Å². The van der Waals surface area contributed by atoms with E-state index in [2.05, 4.69) is 16.4 Å². The van der Waals surface area contributed by atoms with E-state index in [4.69, 9.17) is 4.74 Å². The van der Waals surface area contributed by atoms with E-state index in [1.807, 2.05) is 39.8 Å². The van der Waals surface area contributed by atoms with Crippen molar-refractivity contribution in [3.8, 4) is 0 Å². The van der Waals surface area contributed by atoms with Crippen LogP contribution in [0, 0.1) is 20.8 Å². The molecule has 0 spiro atoms. The molecule has 136 valence electrons. The van der Waals surface area contributed by atoms with Gasteiger partial charge in [0.1, 0.15) is 4.88 Å². The summed E-state index contributed by atoms with van der Waals surface area (Å²) in [5.74, 6) is -0.862. The van der Waals surface area contributed by atoms with Gasteiger partial charge in [0.15, 0.2) is 11.7 Å². The molecule has 1 amide bonds. The Morgan fingerprint density at radius 1 is 1.12 bits per heavy atom. The summed E-state index contributed by atoms with van der Waals surface area (Å²) in [6, 6.07) is 5.91. The van der Waals surface area contributed by atoms with Gasteiger partial charge in [-0.05, 0) is 56.0 Å². The van der Waals surface area contributed by atoms with Crippen molar-refractivity contribution in [2.45, 2.75) is 34.1 Å². The van der Waals surface area contributed by atoms with E-state index < -0.39 is 11.9 Å². The van der Waals surface area contributed by atoms with Crippen molar-refractivity contribution in [2.24, 2.45) is 0 Å². The van der Waals surface area contributed by atoms with E-state index in [9.17, 15) is 9.59 Å². The van der Waals surface area contributed by atoms with Gasteiger partial charge in [0.2, 0.25) is 0 Å². The minimum atomic E-state index is -0.469. The molecule has 0 bridgehead atoms. The fourth-order valence-electron chi connectivity index (χ4n) is 2.75. The number of fused-ring (bicyclic) bond motifs is 1. The number of benzene rings is 1. The molecule has 0 radical (unpaired) electrons. The number of esters is 1. The Hall–Kier alpha value is -2.25. The Kier molecular flexibility index (Phi) is 5.38. The van der Waals surface area contributed by atoms with Crippen molar-refractivity contribution in [1.29, 1.82) is 0 Å². The third kappa shape index (κ3) is 3.94. The second-order valence-electron chi connectivity index (χ2n) is 6.14. The first-order chi connectivity index (χ1) is 12.4. The number of amides is 1. The highest BCUT2D eigenvalue weighted by Gasteiger charge is 2.16. The Morgan fingerprint density at radius 2 is 1.88 bits per heavy atom. The number of anilines is 1. The second-order valence-corrected chi connectivity index (χ2v) is 8.31. The first kappa shape index (κ1) is 18.5. The van der Waals surface area contributed by atoms with Crippen LogP contribution in [0.25, 0.3) is 10.2 Å². The van der Waals surface area contributed by atoms with Gasteiger partial charge in [-0.25, -0.2) is 9.78 Å². The molecular weight excluding hydrogens is 368 g/mol. The molecule has 0 aliphatic heterocycles. The molecule has 0 fully saturated rings. The zero-order valence-corrected chi connectivity index (χ0v) is 16.8. The number of thiophene rings is 1. The number of nitrogens with one attached hydrogen (secondary N) is 1. The summed E-state index contributed by atoms with van der Waals surface area (Å²) in [4.78, 5) is 30.3. The summed E-state index contributed by atoms with van der Waals surface area (Å²) in [6.07, 6.45) is 0.876. The smallest absolute Gasteiger partial charge is 0.348 e. The van der Waals surface area contributed by atoms with E-state index in [1.54, 1.807) is 0 Å². The van der Waals surface area contributed by atoms with Crippen LogP contribution in [-0.4, -0.2) is 23.5 Å². The minimum Gasteiger partial charge on any atom is -0.451 e. The van der Waals surface area contributed by atoms with Gasteiger partial charge in [-0.3, -0.25) is 10.1 Å². The van der Waals surface area contributed by atoms with Crippen LogP contribution in [0.15, 0.2) is 18.2 Å². The van der Waals surface area contributed by atoms with E-state index in [1.165, 1.54) is 22.7 Å². The van der Waals surface area contributed by atoms with Crippen LogP contribution in [0.2, 0.25) is 0 Å². The molecular formula is C19H20N2O3S2. The lowest BCUT2D eigenvalue weighted by Gasteiger charge is -2.03. The molecule has 3 rings (SSSR count). The predicted octanol–water partition coefficient (Wildman–Crippen LogP) is 4.64. The average Bonchev–Trinajstić information content (AvgIpc) is 3.15. The van der Waals surface area contributed by atoms with Crippen LogP contribution in [0.5, 0.6) is 0 Å². The maximum atomic E-state index is 12.1. The van der Waals surface area contributed by atoms with Crippen molar-refractivity contribution >= 4 is 49.9 Å². The standard InChI is InChI=1S/C19H20N2O3S2/c1-5-13-11(3)8-15(25-13)18(23)24-9-16(22)20-19-21-17-12(4)6-10(2)7-14(17)26-19/h6-8H,5,9H2,1-4H3,(H,20,21,22). The first-order valence-corrected chi connectivity index (χ1v) is 9.94. The minimum absolute atomic E-state index is 0.328. The van der Waals surface area contributed by atoms with Gasteiger partial charge in [0, 0.05) is 4.88 Å². The molecule has 0 saturated heterocycles. The molecule has 2 aromatic heterocycles. The van der Waals surface area contributed by atoms with Gasteiger partial charge in [0.25, 0.3) is 5.91 Å². The van der Waals surface area contributed by atoms with Crippen molar-refractivity contribution in [3.63, 3.8) is 0 Å². The quantitative estimate of drug-likeness (QED) is 0.647. The van der Waals surface area contributed by atoms with Gasteiger partial charge in [0.05, 0.1) is 10.2 Å². The van der Waals surface area contributed by atoms with Gasteiger partial charge < -0.3 is 4.74 Å². The Morgan fingerprint density at radius 3 is 2.58 bits per heavy atom. The predicted molar refractivity (Wildman–Crippen MR) is 106 cm³/mol. The molecule has 1 N–H and O–H groups in total. The lowest BCUT2D eigenvalue weighted by Crippen LogP contribution is -2.20. The summed E-state index contributed by atoms with van der Waals surface area (Å²) in [6.45, 7) is 7.71. The van der Waals surface area contributed by atoms with Gasteiger partial charge in [-0.1, -0.05) is 24.3 Å². The highest BCUT2D eigenvalue weighted by Crippen LogP contribution is 2.29. The zero-order valence-electron chi connectivity index (χ0n) is 15.1. The molecule has 7 heteroatoms. The third-order valence-electron chi connectivity index (χ3n) is 3.95. The number of carbonyl (C=O) groups excluding carboxylic acids is 2. The second kappa shape index (κ2) is 7.55. The lowest BCUT2D eigenvalue weighted by atomic mass is 10.1. The normalized spacial score (nSPS) is 10.9. The number of nitrogens with zero attached hydrogens (tertiary/aromatic N) is 1. The average molecular weight is 389 g/mol. The molecule has 0 unspecified atom stereocenters. The highest BCUT2D eigenvalue weighted by atomic mass is 32.1. The molecule has 0 aliphatic carbocycles. The van der Waals surface area contributed by atoms with Crippen molar-refractivity contribution in [2.75, 3.05) is 11.9 Å². The summed E-state index contributed by atoms with van der Waals surface area (Å²) >= 11 is 2.82. The number of hydrogen-bond acceptors (Lipinski definition) is 6. The van der Waals surface area contributed by atoms with Crippen LogP contribution >= 0.6 is 22.7 Å². The van der Waals surface area contributed by atoms with E-state index in [0.29, 0.717) is 10.0 Å². The SMILES string of the molecule is CCc1sc(C(=O)OCC(=O)Nc2nc3c(C)cc(C)cc3s2)cc1C. The Labute approximate surface area is 160 Å². The molecule has 3 aromatic rings. The first-order valence-electron chi connectivity index (χ1n) is 8.31. The summed E-state index contributed by atoms with van der Waals surface area (Å²) < 4.78 is 6.15. The monoisotopic (exact) mass is 388 g/mol. The number of thiazole rings is 1. The topological polar surface area (TPSA) is 68.3 Å². The summed E-state index contributed by atoms with van der Waals surface area (Å²) in [7, 11) is 0. The third-order valence-corrected chi connectivity index (χ3v) is 6.23. The van der Waals surface area contributed by atoms with E-state index >= 15 is 0 Å². The molecule has 26 heavy (non-hydrogen) atoms. The van der Waals surface area contributed by atoms with Gasteiger partial charge in [-0.15, -0.1) is 11.3 Å². The van der Waals surface area contributed by atoms with Crippen LogP contribution in [0.4, 0.5) is 5.13 Å². The van der Waals surface area contributed by atoms with Crippen LogP contribution < -0.4 is 5.32 Å². The van der Waals surface area contributed by atoms with Crippen molar-refractivity contribution in [3.05, 3.63) is 44.6 Å². The van der Waals surface area contributed by atoms with Gasteiger partial charge in [-0.2, -0.15) is 0 Å². The maximum absolute atomic E-state index is 12.1. The number of aryl methyl sites for hydroxylation is 4. The maximum Gasteiger partial charge on any atom is 0.348 e. The van der Waals surface area contributed by atoms with Crippen molar-refractivity contribution in [1.82, 2.24) is 4.98 Å². The molecule has 0 atom stereocenters. The largest absolute Gasteiger partial charge is 0.451 e. The fraction of sp³-hybridized carbons (Fsp3) is 0.316. The van der Waals surface area contributed by atoms with Crippen molar-refractivity contribution < 1.29 is 14.3 Å². The number of rotatable bonds is 5. The van der Waals surface area contributed by atoms with Crippen LogP contribution in [-0.2, 0) is 16.0 Å². The molecule has 0 saturated carbocycles. The Bertz CT molecular complexity index is 988. The van der Waals surface area contributed by atoms with E-state index in [0.717, 1.165) is 38.2 Å². The fourth-order valence-corrected chi connectivity index (χ4v) is 4.82. The molecule has 2 heterocycles. The number of carbonyl (C=O) groups is 2. The molecule has 0 aliphatic rings. The summed E-state index contributed by atoms with van der Waals surface area (Å²) in [5.41, 5.74) is 4.19. The zero-order chi connectivity index (χ0) is 18.8. The summed E-state index contributed by atoms with van der Waals surface area (Å²) in [5, 5.41) is 3.22. The number of aromatic nitrogens is 1. The van der Waals surface area contributed by atoms with E-state index in [-0.39, 0.29) is 6.61 Å². The van der Waals surface area contributed by atoms with Crippen LogP contribution in [0.3, 0.4) is 0 Å². The van der Waals surface area contributed by atoms with Gasteiger partial charge >= 0.3 is 5.97 Å². The highest BCUT2D eigenvalue weighted by molar-refractivity contribution is 7.22. The number of hydrogen-bond donors (Lipinski definition) is 1. The molecule has 1 aromatic carbocycles. The lowest BCUT2D eigenvalue weighted by molar-refractivity contribution is -0.119. The molecule has 5 nitrogen and oxygen atoms in total.